The normalized spacial score (nSPS) is 19.8. The molecule has 112 valence electrons. The van der Waals surface area contributed by atoms with E-state index in [0.29, 0.717) is 13.0 Å². The van der Waals surface area contributed by atoms with Crippen molar-refractivity contribution >= 4 is 34.2 Å². The second-order valence-electron chi connectivity index (χ2n) is 4.71. The summed E-state index contributed by atoms with van der Waals surface area (Å²) in [6.45, 7) is 4.28. The number of ether oxygens (including phenoxy) is 1. The van der Waals surface area contributed by atoms with E-state index in [0.717, 1.165) is 23.1 Å². The molecule has 0 spiro atoms. The molecule has 6 heteroatoms. The highest BCUT2D eigenvalue weighted by Crippen LogP contribution is 2.22. The number of morpholine rings is 1. The Morgan fingerprint density at radius 2 is 2.30 bits per heavy atom. The minimum atomic E-state index is -0.0142. The van der Waals surface area contributed by atoms with Crippen LogP contribution in [0.4, 0.5) is 0 Å². The fourth-order valence-corrected chi connectivity index (χ4v) is 2.79. The Kier molecular flexibility index (Phi) is 7.51. The SMILES string of the molecule is CC(NC(=O)CC1CNCCO1)c1ccccc1Br.Cl. The van der Waals surface area contributed by atoms with Crippen molar-refractivity contribution < 1.29 is 9.53 Å². The number of nitrogens with one attached hydrogen (secondary N) is 2. The maximum atomic E-state index is 12.0. The van der Waals surface area contributed by atoms with Crippen molar-refractivity contribution in [2.75, 3.05) is 19.7 Å². The summed E-state index contributed by atoms with van der Waals surface area (Å²) in [5.74, 6) is 0.0250. The number of hydrogen-bond donors (Lipinski definition) is 2. The number of hydrogen-bond acceptors (Lipinski definition) is 3. The predicted octanol–water partition coefficient (Wildman–Crippen LogP) is 2.43. The summed E-state index contributed by atoms with van der Waals surface area (Å²) in [6, 6.07) is 7.90. The molecule has 1 saturated heterocycles. The first-order valence-electron chi connectivity index (χ1n) is 6.53. The maximum absolute atomic E-state index is 12.0. The van der Waals surface area contributed by atoms with Gasteiger partial charge in [0.2, 0.25) is 5.91 Å². The van der Waals surface area contributed by atoms with E-state index in [2.05, 4.69) is 26.6 Å². The quantitative estimate of drug-likeness (QED) is 0.864. The molecule has 1 aromatic carbocycles. The lowest BCUT2D eigenvalue weighted by molar-refractivity contribution is -0.125. The highest BCUT2D eigenvalue weighted by atomic mass is 79.9. The van der Waals surface area contributed by atoms with Gasteiger partial charge in [0.15, 0.2) is 0 Å². The van der Waals surface area contributed by atoms with Gasteiger partial charge < -0.3 is 15.4 Å². The summed E-state index contributed by atoms with van der Waals surface area (Å²) in [7, 11) is 0. The van der Waals surface area contributed by atoms with Crippen LogP contribution in [0, 0.1) is 0 Å². The molecule has 1 aliphatic rings. The van der Waals surface area contributed by atoms with Crippen molar-refractivity contribution in [2.45, 2.75) is 25.5 Å². The highest BCUT2D eigenvalue weighted by molar-refractivity contribution is 9.10. The number of rotatable bonds is 4. The Labute approximate surface area is 134 Å². The fraction of sp³-hybridized carbons (Fsp3) is 0.500. The van der Waals surface area contributed by atoms with E-state index in [-0.39, 0.29) is 30.5 Å². The number of carbonyl (C=O) groups excluding carboxylic acids is 1. The Hall–Kier alpha value is -0.620. The minimum absolute atomic E-state index is 0. The Balaban J connectivity index is 0.00000200. The van der Waals surface area contributed by atoms with Crippen molar-refractivity contribution in [3.63, 3.8) is 0 Å². The van der Waals surface area contributed by atoms with E-state index in [1.165, 1.54) is 0 Å². The van der Waals surface area contributed by atoms with Gasteiger partial charge in [-0.05, 0) is 18.6 Å². The first-order valence-corrected chi connectivity index (χ1v) is 7.32. The van der Waals surface area contributed by atoms with E-state index >= 15 is 0 Å². The monoisotopic (exact) mass is 362 g/mol. The molecule has 2 atom stereocenters. The molecule has 2 N–H and O–H groups in total. The maximum Gasteiger partial charge on any atom is 0.223 e. The van der Waals surface area contributed by atoms with Gasteiger partial charge in [0.1, 0.15) is 0 Å². The third-order valence-electron chi connectivity index (χ3n) is 3.17. The summed E-state index contributed by atoms with van der Waals surface area (Å²) >= 11 is 3.50. The van der Waals surface area contributed by atoms with Crippen molar-refractivity contribution in [3.05, 3.63) is 34.3 Å². The number of amides is 1. The second kappa shape index (κ2) is 8.62. The van der Waals surface area contributed by atoms with Crippen molar-refractivity contribution in [1.29, 1.82) is 0 Å². The molecule has 1 aliphatic heterocycles. The smallest absolute Gasteiger partial charge is 0.223 e. The van der Waals surface area contributed by atoms with Gasteiger partial charge >= 0.3 is 0 Å². The molecular formula is C14H20BrClN2O2. The lowest BCUT2D eigenvalue weighted by Gasteiger charge is -2.24. The van der Waals surface area contributed by atoms with Gasteiger partial charge in [0, 0.05) is 17.6 Å². The zero-order valence-corrected chi connectivity index (χ0v) is 13.8. The summed E-state index contributed by atoms with van der Waals surface area (Å²) in [4.78, 5) is 12.0. The topological polar surface area (TPSA) is 50.4 Å². The first-order chi connectivity index (χ1) is 9.16. The number of carbonyl (C=O) groups is 1. The zero-order valence-electron chi connectivity index (χ0n) is 11.4. The summed E-state index contributed by atoms with van der Waals surface area (Å²) in [5, 5.41) is 6.23. The van der Waals surface area contributed by atoms with Gasteiger partial charge in [0.05, 0.1) is 25.2 Å². The molecule has 1 heterocycles. The third kappa shape index (κ3) is 5.05. The van der Waals surface area contributed by atoms with Crippen LogP contribution in [0.1, 0.15) is 24.9 Å². The fourth-order valence-electron chi connectivity index (χ4n) is 2.16. The molecular weight excluding hydrogens is 344 g/mol. The molecule has 2 unspecified atom stereocenters. The summed E-state index contributed by atoms with van der Waals surface area (Å²) in [5.41, 5.74) is 1.08. The van der Waals surface area contributed by atoms with Gasteiger partial charge in [0.25, 0.3) is 0 Å². The molecule has 0 saturated carbocycles. The van der Waals surface area contributed by atoms with Gasteiger partial charge in [-0.1, -0.05) is 34.1 Å². The molecule has 4 nitrogen and oxygen atoms in total. The standard InChI is InChI=1S/C14H19BrN2O2.ClH/c1-10(12-4-2-3-5-13(12)15)17-14(18)8-11-9-16-6-7-19-11;/h2-5,10-11,16H,6-9H2,1H3,(H,17,18);1H. The molecule has 2 rings (SSSR count). The van der Waals surface area contributed by atoms with Gasteiger partial charge in [-0.15, -0.1) is 12.4 Å². The predicted molar refractivity (Wildman–Crippen MR) is 85.2 cm³/mol. The molecule has 1 amide bonds. The van der Waals surface area contributed by atoms with Crippen LogP contribution in [0.5, 0.6) is 0 Å². The average Bonchev–Trinajstić information content (AvgIpc) is 2.40. The molecule has 1 fully saturated rings. The van der Waals surface area contributed by atoms with Crippen LogP contribution in [0.15, 0.2) is 28.7 Å². The van der Waals surface area contributed by atoms with Crippen LogP contribution in [0.2, 0.25) is 0 Å². The Bertz CT molecular complexity index is 439. The van der Waals surface area contributed by atoms with Gasteiger partial charge in [-0.25, -0.2) is 0 Å². The molecule has 0 bridgehead atoms. The Morgan fingerprint density at radius 3 is 2.95 bits per heavy atom. The lowest BCUT2D eigenvalue weighted by atomic mass is 10.1. The van der Waals surface area contributed by atoms with Crippen LogP contribution >= 0.6 is 28.3 Å². The summed E-state index contributed by atoms with van der Waals surface area (Å²) < 4.78 is 6.54. The van der Waals surface area contributed by atoms with Gasteiger partial charge in [-0.2, -0.15) is 0 Å². The van der Waals surface area contributed by atoms with Crippen LogP contribution in [-0.2, 0) is 9.53 Å². The van der Waals surface area contributed by atoms with E-state index in [1.807, 2.05) is 31.2 Å². The molecule has 0 aromatic heterocycles. The van der Waals surface area contributed by atoms with E-state index in [1.54, 1.807) is 0 Å². The Morgan fingerprint density at radius 1 is 1.55 bits per heavy atom. The lowest BCUT2D eigenvalue weighted by Crippen LogP contribution is -2.41. The molecule has 20 heavy (non-hydrogen) atoms. The minimum Gasteiger partial charge on any atom is -0.375 e. The number of benzene rings is 1. The number of halogens is 2. The summed E-state index contributed by atoms with van der Waals surface area (Å²) in [6.07, 6.45) is 0.391. The highest BCUT2D eigenvalue weighted by Gasteiger charge is 2.19. The largest absolute Gasteiger partial charge is 0.375 e. The first kappa shape index (κ1) is 17.4. The average molecular weight is 364 g/mol. The zero-order chi connectivity index (χ0) is 13.7. The molecule has 0 aliphatic carbocycles. The van der Waals surface area contributed by atoms with Gasteiger partial charge in [-0.3, -0.25) is 4.79 Å². The van der Waals surface area contributed by atoms with Crippen molar-refractivity contribution in [3.8, 4) is 0 Å². The van der Waals surface area contributed by atoms with Crippen LogP contribution in [0.25, 0.3) is 0 Å². The van der Waals surface area contributed by atoms with Crippen LogP contribution in [-0.4, -0.2) is 31.7 Å². The van der Waals surface area contributed by atoms with Crippen LogP contribution in [0.3, 0.4) is 0 Å². The molecule has 0 radical (unpaired) electrons. The van der Waals surface area contributed by atoms with E-state index < -0.39 is 0 Å². The van der Waals surface area contributed by atoms with Crippen LogP contribution < -0.4 is 10.6 Å². The second-order valence-corrected chi connectivity index (χ2v) is 5.57. The molecule has 1 aromatic rings. The van der Waals surface area contributed by atoms with Crippen molar-refractivity contribution in [2.24, 2.45) is 0 Å². The van der Waals surface area contributed by atoms with E-state index in [9.17, 15) is 4.79 Å². The third-order valence-corrected chi connectivity index (χ3v) is 3.89. The van der Waals surface area contributed by atoms with E-state index in [4.69, 9.17) is 4.74 Å². The van der Waals surface area contributed by atoms with Crippen molar-refractivity contribution in [1.82, 2.24) is 10.6 Å².